The van der Waals surface area contributed by atoms with Crippen molar-refractivity contribution in [2.45, 2.75) is 13.8 Å². The number of hydrogen-bond acceptors (Lipinski definition) is 6. The van der Waals surface area contributed by atoms with Crippen LogP contribution in [0.15, 0.2) is 42.5 Å². The predicted molar refractivity (Wildman–Crippen MR) is 122 cm³/mol. The molecule has 7 nitrogen and oxygen atoms in total. The number of rotatable bonds is 9. The van der Waals surface area contributed by atoms with E-state index in [1.165, 1.54) is 6.07 Å². The van der Waals surface area contributed by atoms with Crippen LogP contribution in [-0.4, -0.2) is 51.3 Å². The van der Waals surface area contributed by atoms with Gasteiger partial charge in [0.1, 0.15) is 17.8 Å². The van der Waals surface area contributed by atoms with Crippen molar-refractivity contribution in [3.63, 3.8) is 0 Å². The molecule has 10 heteroatoms. The lowest BCUT2D eigenvalue weighted by Gasteiger charge is -2.18. The van der Waals surface area contributed by atoms with Crippen molar-refractivity contribution < 1.29 is 18.3 Å². The molecular weight excluding hydrogens is 452 g/mol. The molecule has 2 heterocycles. The minimum absolute atomic E-state index is 0.178. The summed E-state index contributed by atoms with van der Waals surface area (Å²) < 4.78 is 38.8. The van der Waals surface area contributed by atoms with Crippen LogP contribution in [0.1, 0.15) is 13.8 Å². The Labute approximate surface area is 194 Å². The first-order valence-electron chi connectivity index (χ1n) is 10.5. The van der Waals surface area contributed by atoms with Crippen LogP contribution >= 0.6 is 11.6 Å². The number of benzene rings is 2. The summed E-state index contributed by atoms with van der Waals surface area (Å²) in [4.78, 5) is 10.8. The minimum atomic E-state index is -0.874. The van der Waals surface area contributed by atoms with Gasteiger partial charge in [0.05, 0.1) is 5.69 Å². The number of fused-ring (bicyclic) bond motifs is 1. The highest BCUT2D eigenvalue weighted by Crippen LogP contribution is 2.36. The second-order valence-corrected chi connectivity index (χ2v) is 7.55. The Morgan fingerprint density at radius 1 is 1.06 bits per heavy atom. The lowest BCUT2D eigenvalue weighted by Crippen LogP contribution is -2.28. The molecule has 0 aliphatic heterocycles. The molecule has 2 aromatic heterocycles. The highest BCUT2D eigenvalue weighted by molar-refractivity contribution is 6.33. The van der Waals surface area contributed by atoms with Crippen LogP contribution in [0.3, 0.4) is 0 Å². The molecule has 33 heavy (non-hydrogen) atoms. The number of ether oxygens (including phenoxy) is 2. The molecule has 0 bridgehead atoms. The molecule has 0 saturated heterocycles. The number of nitrogens with one attached hydrogen (secondary N) is 1. The predicted octanol–water partition coefficient (Wildman–Crippen LogP) is 5.46. The highest BCUT2D eigenvalue weighted by atomic mass is 35.5. The smallest absolute Gasteiger partial charge is 0.327 e. The van der Waals surface area contributed by atoms with E-state index in [4.69, 9.17) is 21.1 Å². The van der Waals surface area contributed by atoms with E-state index in [1.807, 2.05) is 18.2 Å². The maximum Gasteiger partial charge on any atom is 0.327 e. The maximum atomic E-state index is 14.1. The summed E-state index contributed by atoms with van der Waals surface area (Å²) in [6, 6.07) is 10.1. The van der Waals surface area contributed by atoms with Crippen LogP contribution in [0.4, 0.5) is 8.78 Å². The fourth-order valence-electron chi connectivity index (χ4n) is 3.35. The molecule has 0 radical (unpaired) electrons. The van der Waals surface area contributed by atoms with E-state index in [2.05, 4.69) is 38.9 Å². The molecule has 0 amide bonds. The van der Waals surface area contributed by atoms with Gasteiger partial charge in [0, 0.05) is 23.2 Å². The van der Waals surface area contributed by atoms with E-state index in [-0.39, 0.29) is 23.3 Å². The Kier molecular flexibility index (Phi) is 7.00. The lowest BCUT2D eigenvalue weighted by atomic mass is 10.1. The van der Waals surface area contributed by atoms with Crippen molar-refractivity contribution in [1.82, 2.24) is 25.1 Å². The third-order valence-electron chi connectivity index (χ3n) is 5.14. The summed E-state index contributed by atoms with van der Waals surface area (Å²) in [5, 5.41) is 8.23. The number of aromatic amines is 1. The maximum absolute atomic E-state index is 14.1. The van der Waals surface area contributed by atoms with Gasteiger partial charge < -0.3 is 14.4 Å². The number of H-pyrrole nitrogens is 1. The van der Waals surface area contributed by atoms with Crippen LogP contribution in [0.25, 0.3) is 22.3 Å². The molecule has 2 aromatic carbocycles. The van der Waals surface area contributed by atoms with Gasteiger partial charge in [-0.3, -0.25) is 5.10 Å². The Balaban J connectivity index is 1.74. The second kappa shape index (κ2) is 10.1. The lowest BCUT2D eigenvalue weighted by molar-refractivity contribution is 0.218. The molecule has 172 valence electrons. The van der Waals surface area contributed by atoms with Crippen LogP contribution in [0, 0.1) is 11.6 Å². The molecular formula is C23H22ClF2N5O2. The molecule has 0 saturated carbocycles. The van der Waals surface area contributed by atoms with Gasteiger partial charge in [-0.15, -0.1) is 0 Å². The molecule has 0 unspecified atom stereocenters. The van der Waals surface area contributed by atoms with Gasteiger partial charge in [-0.05, 0) is 31.3 Å². The third kappa shape index (κ3) is 5.04. The average molecular weight is 474 g/mol. The number of halogens is 3. The van der Waals surface area contributed by atoms with E-state index in [1.54, 1.807) is 6.07 Å². The first-order chi connectivity index (χ1) is 16.0. The van der Waals surface area contributed by atoms with Crippen molar-refractivity contribution in [2.75, 3.05) is 26.2 Å². The third-order valence-corrected chi connectivity index (χ3v) is 5.47. The number of hydrogen-bond donors (Lipinski definition) is 1. The average Bonchev–Trinajstić information content (AvgIpc) is 3.23. The van der Waals surface area contributed by atoms with E-state index in [0.717, 1.165) is 25.2 Å². The van der Waals surface area contributed by atoms with Crippen LogP contribution in [0.5, 0.6) is 17.6 Å². The Morgan fingerprint density at radius 2 is 1.85 bits per heavy atom. The van der Waals surface area contributed by atoms with E-state index < -0.39 is 11.6 Å². The van der Waals surface area contributed by atoms with Crippen LogP contribution < -0.4 is 9.47 Å². The summed E-state index contributed by atoms with van der Waals surface area (Å²) in [5.74, 6) is -1.59. The molecule has 0 spiro atoms. The van der Waals surface area contributed by atoms with Gasteiger partial charge in [-0.1, -0.05) is 43.6 Å². The second-order valence-electron chi connectivity index (χ2n) is 7.14. The van der Waals surface area contributed by atoms with Gasteiger partial charge in [-0.2, -0.15) is 15.1 Å². The van der Waals surface area contributed by atoms with Gasteiger partial charge in [0.2, 0.25) is 5.88 Å². The first-order valence-corrected chi connectivity index (χ1v) is 10.9. The van der Waals surface area contributed by atoms with E-state index >= 15 is 0 Å². The number of nitrogens with zero attached hydrogens (tertiary/aromatic N) is 4. The zero-order valence-electron chi connectivity index (χ0n) is 18.1. The molecule has 4 rings (SSSR count). The quantitative estimate of drug-likeness (QED) is 0.347. The Morgan fingerprint density at radius 3 is 2.58 bits per heavy atom. The Hall–Kier alpha value is -3.30. The van der Waals surface area contributed by atoms with E-state index in [0.29, 0.717) is 34.8 Å². The fraction of sp³-hybridized carbons (Fsp3) is 0.261. The zero-order valence-corrected chi connectivity index (χ0v) is 18.9. The first kappa shape index (κ1) is 22.9. The van der Waals surface area contributed by atoms with Gasteiger partial charge in [-0.25, -0.2) is 8.78 Å². The summed E-state index contributed by atoms with van der Waals surface area (Å²) in [7, 11) is 0. The molecule has 0 atom stereocenters. The topological polar surface area (TPSA) is 76.2 Å². The monoisotopic (exact) mass is 473 g/mol. The summed E-state index contributed by atoms with van der Waals surface area (Å²) in [5.41, 5.74) is 1.56. The fourth-order valence-corrected chi connectivity index (χ4v) is 3.58. The summed E-state index contributed by atoms with van der Waals surface area (Å²) in [6.07, 6.45) is 0. The molecule has 0 aliphatic carbocycles. The summed E-state index contributed by atoms with van der Waals surface area (Å²) >= 11 is 6.39. The standard InChI is InChI=1S/C23H22ClF2N5O2/c1-3-31(4-2)11-12-32-22-19-20(15-7-5-6-8-16(15)24)29-30-21(19)27-23(28-22)33-18-10-9-14(25)13-17(18)26/h5-10,13H,3-4,11-12H2,1-2H3,(H,27,28,29,30). The van der Waals surface area contributed by atoms with Crippen molar-refractivity contribution in [1.29, 1.82) is 0 Å². The Bertz CT molecular complexity index is 1260. The SMILES string of the molecule is CCN(CC)CCOc1nc(Oc2ccc(F)cc2F)nc2n[nH]c(-c3ccccc3Cl)c12. The van der Waals surface area contributed by atoms with Crippen molar-refractivity contribution >= 4 is 22.6 Å². The van der Waals surface area contributed by atoms with Gasteiger partial charge in [0.25, 0.3) is 0 Å². The van der Waals surface area contributed by atoms with Crippen molar-refractivity contribution in [3.8, 4) is 28.9 Å². The molecule has 1 N–H and O–H groups in total. The van der Waals surface area contributed by atoms with Crippen LogP contribution in [0.2, 0.25) is 5.02 Å². The molecule has 4 aromatic rings. The number of likely N-dealkylation sites (N-methyl/N-ethyl adjacent to an activating group) is 1. The van der Waals surface area contributed by atoms with Gasteiger partial charge in [0.15, 0.2) is 17.2 Å². The number of aromatic nitrogens is 4. The van der Waals surface area contributed by atoms with Crippen molar-refractivity contribution in [2.24, 2.45) is 0 Å². The normalized spacial score (nSPS) is 11.3. The largest absolute Gasteiger partial charge is 0.476 e. The van der Waals surface area contributed by atoms with Crippen molar-refractivity contribution in [3.05, 3.63) is 59.1 Å². The highest BCUT2D eigenvalue weighted by Gasteiger charge is 2.21. The van der Waals surface area contributed by atoms with E-state index in [9.17, 15) is 8.78 Å². The zero-order chi connectivity index (χ0) is 23.4. The summed E-state index contributed by atoms with van der Waals surface area (Å²) in [6.45, 7) is 6.94. The van der Waals surface area contributed by atoms with Crippen LogP contribution in [-0.2, 0) is 0 Å². The van der Waals surface area contributed by atoms with Gasteiger partial charge >= 0.3 is 6.01 Å². The minimum Gasteiger partial charge on any atom is -0.476 e. The molecule has 0 aliphatic rings. The molecule has 0 fully saturated rings.